The maximum absolute atomic E-state index is 12.4. The predicted molar refractivity (Wildman–Crippen MR) is 99.3 cm³/mol. The number of hydrogen-bond donors (Lipinski definition) is 1. The largest absolute Gasteiger partial charge is 0.422 e. The van der Waals surface area contributed by atoms with E-state index in [0.717, 1.165) is 5.56 Å². The Morgan fingerprint density at radius 3 is 2.42 bits per heavy atom. The van der Waals surface area contributed by atoms with Gasteiger partial charge >= 0.3 is 5.63 Å². The van der Waals surface area contributed by atoms with Crippen LogP contribution in [0.25, 0.3) is 11.0 Å². The van der Waals surface area contributed by atoms with Gasteiger partial charge in [-0.3, -0.25) is 9.59 Å². The molecule has 0 spiro atoms. The topological polar surface area (TPSA) is 79.6 Å². The quantitative estimate of drug-likeness (QED) is 0.734. The molecule has 0 fully saturated rings. The lowest BCUT2D eigenvalue weighted by atomic mass is 10.1. The Balaban J connectivity index is 1.77. The molecule has 0 aliphatic heterocycles. The number of fused-ring (bicyclic) bond motifs is 1. The number of para-hydroxylation sites is 1. The number of likely N-dealkylation sites (N-methyl/N-ethyl adjacent to an activating group) is 1. The van der Waals surface area contributed by atoms with Gasteiger partial charge in [0.2, 0.25) is 5.91 Å². The van der Waals surface area contributed by atoms with Gasteiger partial charge in [0.15, 0.2) is 0 Å². The van der Waals surface area contributed by atoms with E-state index in [4.69, 9.17) is 4.42 Å². The standard InChI is InChI=1S/C20H18N2O4/c1-22(2)18(23)11-13-7-9-15(10-8-13)21-19(24)16-12-14-5-3-4-6-17(14)26-20(16)25/h3-10,12H,11H2,1-2H3,(H,21,24). The van der Waals surface area contributed by atoms with Crippen molar-refractivity contribution in [2.75, 3.05) is 19.4 Å². The first-order valence-electron chi connectivity index (χ1n) is 8.07. The Labute approximate surface area is 150 Å². The Hall–Kier alpha value is -3.41. The molecule has 26 heavy (non-hydrogen) atoms. The van der Waals surface area contributed by atoms with Crippen molar-refractivity contribution in [3.05, 3.63) is 76.1 Å². The van der Waals surface area contributed by atoms with E-state index in [1.807, 2.05) is 0 Å². The summed E-state index contributed by atoms with van der Waals surface area (Å²) in [5, 5.41) is 3.35. The van der Waals surface area contributed by atoms with Gasteiger partial charge in [0, 0.05) is 25.2 Å². The van der Waals surface area contributed by atoms with E-state index in [2.05, 4.69) is 5.32 Å². The molecular weight excluding hydrogens is 332 g/mol. The van der Waals surface area contributed by atoms with E-state index in [0.29, 0.717) is 16.7 Å². The van der Waals surface area contributed by atoms with E-state index in [1.165, 1.54) is 11.0 Å². The van der Waals surface area contributed by atoms with Gasteiger partial charge in [-0.1, -0.05) is 30.3 Å². The van der Waals surface area contributed by atoms with Crippen molar-refractivity contribution in [1.82, 2.24) is 4.90 Å². The smallest absolute Gasteiger partial charge is 0.349 e. The first-order chi connectivity index (χ1) is 12.4. The van der Waals surface area contributed by atoms with E-state index in [-0.39, 0.29) is 17.9 Å². The average molecular weight is 350 g/mol. The normalized spacial score (nSPS) is 10.5. The lowest BCUT2D eigenvalue weighted by Crippen LogP contribution is -2.23. The number of carbonyl (C=O) groups is 2. The van der Waals surface area contributed by atoms with Crippen molar-refractivity contribution in [1.29, 1.82) is 0 Å². The molecule has 0 unspecified atom stereocenters. The highest BCUT2D eigenvalue weighted by atomic mass is 16.4. The number of benzene rings is 2. The van der Waals surface area contributed by atoms with Gasteiger partial charge in [-0.15, -0.1) is 0 Å². The van der Waals surface area contributed by atoms with Gasteiger partial charge in [-0.05, 0) is 29.8 Å². The van der Waals surface area contributed by atoms with Crippen molar-refractivity contribution in [3.8, 4) is 0 Å². The van der Waals surface area contributed by atoms with Crippen molar-refractivity contribution in [2.45, 2.75) is 6.42 Å². The monoisotopic (exact) mass is 350 g/mol. The van der Waals surface area contributed by atoms with Crippen LogP contribution in [0, 0.1) is 0 Å². The molecule has 0 aliphatic carbocycles. The fourth-order valence-corrected chi connectivity index (χ4v) is 2.46. The zero-order chi connectivity index (χ0) is 18.7. The molecule has 1 N–H and O–H groups in total. The molecule has 0 radical (unpaired) electrons. The summed E-state index contributed by atoms with van der Waals surface area (Å²) in [4.78, 5) is 37.7. The number of nitrogens with one attached hydrogen (secondary N) is 1. The molecule has 2 aromatic carbocycles. The second kappa shape index (κ2) is 7.23. The van der Waals surface area contributed by atoms with Crippen LogP contribution in [0.2, 0.25) is 0 Å². The number of nitrogens with zero attached hydrogens (tertiary/aromatic N) is 1. The molecule has 132 valence electrons. The molecule has 3 aromatic rings. The minimum Gasteiger partial charge on any atom is -0.422 e. The third-order valence-corrected chi connectivity index (χ3v) is 3.95. The molecule has 0 saturated carbocycles. The molecule has 3 rings (SSSR count). The zero-order valence-electron chi connectivity index (χ0n) is 14.5. The van der Waals surface area contributed by atoms with Crippen molar-refractivity contribution >= 4 is 28.5 Å². The number of rotatable bonds is 4. The van der Waals surface area contributed by atoms with Gasteiger partial charge in [0.1, 0.15) is 11.1 Å². The van der Waals surface area contributed by atoms with E-state index in [1.54, 1.807) is 62.6 Å². The fourth-order valence-electron chi connectivity index (χ4n) is 2.46. The maximum atomic E-state index is 12.4. The lowest BCUT2D eigenvalue weighted by Gasteiger charge is -2.10. The molecule has 0 atom stereocenters. The summed E-state index contributed by atoms with van der Waals surface area (Å²) < 4.78 is 5.18. The third kappa shape index (κ3) is 3.80. The first-order valence-corrected chi connectivity index (χ1v) is 8.07. The highest BCUT2D eigenvalue weighted by Gasteiger charge is 2.14. The van der Waals surface area contributed by atoms with Crippen LogP contribution in [0.5, 0.6) is 0 Å². The van der Waals surface area contributed by atoms with Gasteiger partial charge in [-0.2, -0.15) is 0 Å². The summed E-state index contributed by atoms with van der Waals surface area (Å²) in [6, 6.07) is 15.4. The van der Waals surface area contributed by atoms with Crippen LogP contribution in [0.15, 0.2) is 63.8 Å². The Morgan fingerprint density at radius 1 is 1.04 bits per heavy atom. The lowest BCUT2D eigenvalue weighted by molar-refractivity contribution is -0.127. The van der Waals surface area contributed by atoms with Gasteiger partial charge in [0.25, 0.3) is 5.91 Å². The van der Waals surface area contributed by atoms with E-state index < -0.39 is 11.5 Å². The number of hydrogen-bond acceptors (Lipinski definition) is 4. The molecule has 0 bridgehead atoms. The van der Waals surface area contributed by atoms with Crippen LogP contribution in [-0.2, 0) is 11.2 Å². The summed E-state index contributed by atoms with van der Waals surface area (Å²) in [6.45, 7) is 0. The number of anilines is 1. The van der Waals surface area contributed by atoms with Crippen LogP contribution >= 0.6 is 0 Å². The summed E-state index contributed by atoms with van der Waals surface area (Å²) in [7, 11) is 3.40. The third-order valence-electron chi connectivity index (χ3n) is 3.95. The fraction of sp³-hybridized carbons (Fsp3) is 0.150. The number of amides is 2. The second-order valence-electron chi connectivity index (χ2n) is 6.10. The van der Waals surface area contributed by atoms with Crippen LogP contribution in [0.3, 0.4) is 0 Å². The van der Waals surface area contributed by atoms with Crippen molar-refractivity contribution in [2.24, 2.45) is 0 Å². The highest BCUT2D eigenvalue weighted by molar-refractivity contribution is 6.05. The first kappa shape index (κ1) is 17.4. The minimum atomic E-state index is -0.686. The molecule has 0 aliphatic rings. The maximum Gasteiger partial charge on any atom is 0.349 e. The Bertz CT molecular complexity index is 1020. The molecular formula is C20H18N2O4. The SMILES string of the molecule is CN(C)C(=O)Cc1ccc(NC(=O)c2cc3ccccc3oc2=O)cc1. The Kier molecular flexibility index (Phi) is 4.84. The summed E-state index contributed by atoms with van der Waals surface area (Å²) in [5.74, 6) is -0.544. The van der Waals surface area contributed by atoms with E-state index >= 15 is 0 Å². The van der Waals surface area contributed by atoms with Gasteiger partial charge in [-0.25, -0.2) is 4.79 Å². The Morgan fingerprint density at radius 2 is 1.73 bits per heavy atom. The predicted octanol–water partition coefficient (Wildman–Crippen LogP) is 2.68. The van der Waals surface area contributed by atoms with Crippen molar-refractivity contribution < 1.29 is 14.0 Å². The second-order valence-corrected chi connectivity index (χ2v) is 6.10. The van der Waals surface area contributed by atoms with Crippen LogP contribution in [-0.4, -0.2) is 30.8 Å². The average Bonchev–Trinajstić information content (AvgIpc) is 2.62. The number of carbonyl (C=O) groups excluding carboxylic acids is 2. The molecule has 1 heterocycles. The molecule has 6 nitrogen and oxygen atoms in total. The van der Waals surface area contributed by atoms with Crippen LogP contribution < -0.4 is 10.9 Å². The summed E-state index contributed by atoms with van der Waals surface area (Å²) in [5.41, 5.74) is 1.06. The molecule has 0 saturated heterocycles. The minimum absolute atomic E-state index is 0.00411. The molecule has 1 aromatic heterocycles. The molecule has 6 heteroatoms. The van der Waals surface area contributed by atoms with Gasteiger partial charge < -0.3 is 14.6 Å². The van der Waals surface area contributed by atoms with Crippen LogP contribution in [0.1, 0.15) is 15.9 Å². The molecule has 2 amide bonds. The summed E-state index contributed by atoms with van der Waals surface area (Å²) >= 11 is 0. The van der Waals surface area contributed by atoms with Crippen molar-refractivity contribution in [3.63, 3.8) is 0 Å². The van der Waals surface area contributed by atoms with Crippen LogP contribution in [0.4, 0.5) is 5.69 Å². The zero-order valence-corrected chi connectivity index (χ0v) is 14.5. The van der Waals surface area contributed by atoms with E-state index in [9.17, 15) is 14.4 Å². The summed E-state index contributed by atoms with van der Waals surface area (Å²) in [6.07, 6.45) is 0.287. The van der Waals surface area contributed by atoms with Gasteiger partial charge in [0.05, 0.1) is 6.42 Å². The highest BCUT2D eigenvalue weighted by Crippen LogP contribution is 2.15.